The molecule has 3 aromatic rings. The lowest BCUT2D eigenvalue weighted by molar-refractivity contribution is 0.0746. The number of nitrogens with one attached hydrogen (secondary N) is 1. The molecule has 2 amide bonds. The van der Waals surface area contributed by atoms with Crippen molar-refractivity contribution in [2.45, 2.75) is 13.3 Å². The zero-order valence-electron chi connectivity index (χ0n) is 19.2. The van der Waals surface area contributed by atoms with E-state index in [1.54, 1.807) is 36.4 Å². The highest BCUT2D eigenvalue weighted by Crippen LogP contribution is 2.21. The Balaban J connectivity index is 1.29. The van der Waals surface area contributed by atoms with Crippen molar-refractivity contribution in [2.24, 2.45) is 0 Å². The number of benzene rings is 3. The van der Waals surface area contributed by atoms with Gasteiger partial charge in [0.2, 0.25) is 0 Å². The van der Waals surface area contributed by atoms with Crippen LogP contribution in [-0.4, -0.2) is 49.5 Å². The van der Waals surface area contributed by atoms with E-state index in [0.717, 1.165) is 36.6 Å². The van der Waals surface area contributed by atoms with Crippen molar-refractivity contribution in [3.05, 3.63) is 88.9 Å². The van der Waals surface area contributed by atoms with Crippen molar-refractivity contribution in [3.63, 3.8) is 0 Å². The predicted molar refractivity (Wildman–Crippen MR) is 136 cm³/mol. The van der Waals surface area contributed by atoms with Gasteiger partial charge in [0.05, 0.1) is 6.61 Å². The topological polar surface area (TPSA) is 61.9 Å². The average Bonchev–Trinajstić information content (AvgIpc) is 2.88. The maximum absolute atomic E-state index is 12.7. The zero-order valence-corrected chi connectivity index (χ0v) is 19.9. The van der Waals surface area contributed by atoms with Gasteiger partial charge in [0.25, 0.3) is 11.8 Å². The van der Waals surface area contributed by atoms with Gasteiger partial charge in [0, 0.05) is 53.7 Å². The maximum Gasteiger partial charge on any atom is 0.255 e. The first-order valence-corrected chi connectivity index (χ1v) is 11.9. The molecule has 1 fully saturated rings. The van der Waals surface area contributed by atoms with Gasteiger partial charge in [-0.25, -0.2) is 0 Å². The fourth-order valence-corrected chi connectivity index (χ4v) is 3.95. The van der Waals surface area contributed by atoms with E-state index in [4.69, 9.17) is 16.3 Å². The van der Waals surface area contributed by atoms with Gasteiger partial charge in [-0.3, -0.25) is 9.59 Å². The van der Waals surface area contributed by atoms with Crippen LogP contribution in [0.15, 0.2) is 72.8 Å². The van der Waals surface area contributed by atoms with Gasteiger partial charge in [-0.1, -0.05) is 18.5 Å². The van der Waals surface area contributed by atoms with Gasteiger partial charge in [0.15, 0.2) is 0 Å². The first-order chi connectivity index (χ1) is 16.5. The summed E-state index contributed by atoms with van der Waals surface area (Å²) in [4.78, 5) is 29.4. The van der Waals surface area contributed by atoms with Gasteiger partial charge in [-0.05, 0) is 79.2 Å². The lowest BCUT2D eigenvalue weighted by atomic mass is 10.1. The average molecular weight is 478 g/mol. The normalized spacial score (nSPS) is 13.5. The lowest BCUT2D eigenvalue weighted by Crippen LogP contribution is -2.48. The maximum atomic E-state index is 12.7. The molecule has 0 unspecified atom stereocenters. The quantitative estimate of drug-likeness (QED) is 0.498. The Morgan fingerprint density at radius 2 is 1.47 bits per heavy atom. The number of piperazine rings is 1. The number of anilines is 2. The molecule has 3 aromatic carbocycles. The summed E-state index contributed by atoms with van der Waals surface area (Å²) < 4.78 is 5.56. The summed E-state index contributed by atoms with van der Waals surface area (Å²) in [5.74, 6) is 0.626. The van der Waals surface area contributed by atoms with Crippen molar-refractivity contribution in [3.8, 4) is 5.75 Å². The van der Waals surface area contributed by atoms with Crippen LogP contribution < -0.4 is 15.0 Å². The monoisotopic (exact) mass is 477 g/mol. The van der Waals surface area contributed by atoms with Gasteiger partial charge < -0.3 is 19.9 Å². The molecule has 0 bridgehead atoms. The van der Waals surface area contributed by atoms with Crippen LogP contribution in [0.3, 0.4) is 0 Å². The molecule has 176 valence electrons. The van der Waals surface area contributed by atoms with Crippen LogP contribution in [0, 0.1) is 0 Å². The molecule has 1 heterocycles. The van der Waals surface area contributed by atoms with Gasteiger partial charge >= 0.3 is 0 Å². The number of halogens is 1. The third-order valence-corrected chi connectivity index (χ3v) is 5.99. The Hall–Kier alpha value is -3.51. The number of nitrogens with zero attached hydrogens (tertiary/aromatic N) is 2. The summed E-state index contributed by atoms with van der Waals surface area (Å²) in [5.41, 5.74) is 3.03. The smallest absolute Gasteiger partial charge is 0.255 e. The summed E-state index contributed by atoms with van der Waals surface area (Å²) in [6, 6.07) is 21.9. The van der Waals surface area contributed by atoms with E-state index in [-0.39, 0.29) is 11.8 Å². The number of hydrogen-bond acceptors (Lipinski definition) is 4. The molecule has 0 atom stereocenters. The summed E-state index contributed by atoms with van der Waals surface area (Å²) in [6.07, 6.45) is 0.940. The highest BCUT2D eigenvalue weighted by molar-refractivity contribution is 6.30. The highest BCUT2D eigenvalue weighted by atomic mass is 35.5. The van der Waals surface area contributed by atoms with Crippen LogP contribution in [0.2, 0.25) is 5.02 Å². The molecule has 6 nitrogen and oxygen atoms in total. The second-order valence-corrected chi connectivity index (χ2v) is 8.60. The molecule has 1 saturated heterocycles. The van der Waals surface area contributed by atoms with Crippen molar-refractivity contribution in [2.75, 3.05) is 43.0 Å². The van der Waals surface area contributed by atoms with E-state index in [1.807, 2.05) is 41.3 Å². The second-order valence-electron chi connectivity index (χ2n) is 8.16. The number of amides is 2. The number of rotatable bonds is 7. The molecule has 1 aliphatic heterocycles. The molecular formula is C27H28ClN3O3. The first kappa shape index (κ1) is 23.6. The number of hydrogen-bond donors (Lipinski definition) is 1. The Morgan fingerprint density at radius 1 is 0.853 bits per heavy atom. The van der Waals surface area contributed by atoms with E-state index < -0.39 is 0 Å². The van der Waals surface area contributed by atoms with Gasteiger partial charge in [-0.2, -0.15) is 0 Å². The Bertz CT molecular complexity index is 1110. The minimum atomic E-state index is -0.163. The first-order valence-electron chi connectivity index (χ1n) is 11.5. The summed E-state index contributed by atoms with van der Waals surface area (Å²) >= 11 is 5.92. The van der Waals surface area contributed by atoms with Crippen LogP contribution in [0.1, 0.15) is 34.1 Å². The van der Waals surface area contributed by atoms with Gasteiger partial charge in [-0.15, -0.1) is 0 Å². The van der Waals surface area contributed by atoms with Crippen LogP contribution in [0.4, 0.5) is 11.4 Å². The van der Waals surface area contributed by atoms with E-state index in [9.17, 15) is 9.59 Å². The van der Waals surface area contributed by atoms with Crippen LogP contribution in [-0.2, 0) is 0 Å². The third-order valence-electron chi connectivity index (χ3n) is 5.74. The standard InChI is InChI=1S/C27H28ClN3O3/c1-2-19-34-25-13-5-20(6-14-25)26(32)29-23-9-11-24(12-10-23)30-15-17-31(18-16-30)27(33)21-3-7-22(28)8-4-21/h3-14H,2,15-19H2,1H3,(H,29,32). The summed E-state index contributed by atoms with van der Waals surface area (Å²) in [7, 11) is 0. The summed E-state index contributed by atoms with van der Waals surface area (Å²) in [6.45, 7) is 5.51. The molecule has 34 heavy (non-hydrogen) atoms. The molecule has 1 N–H and O–H groups in total. The fraction of sp³-hybridized carbons (Fsp3) is 0.259. The van der Waals surface area contributed by atoms with E-state index in [0.29, 0.717) is 35.8 Å². The largest absolute Gasteiger partial charge is 0.494 e. The van der Waals surface area contributed by atoms with Crippen LogP contribution in [0.5, 0.6) is 5.75 Å². The van der Waals surface area contributed by atoms with Crippen LogP contribution >= 0.6 is 11.6 Å². The molecule has 0 spiro atoms. The van der Waals surface area contributed by atoms with Crippen molar-refractivity contribution < 1.29 is 14.3 Å². The molecule has 0 saturated carbocycles. The zero-order chi connectivity index (χ0) is 23.9. The molecule has 0 aliphatic carbocycles. The number of ether oxygens (including phenoxy) is 1. The lowest BCUT2D eigenvalue weighted by Gasteiger charge is -2.36. The highest BCUT2D eigenvalue weighted by Gasteiger charge is 2.22. The Labute approximate surface area is 205 Å². The minimum absolute atomic E-state index is 0.0272. The third kappa shape index (κ3) is 5.88. The molecular weight excluding hydrogens is 450 g/mol. The van der Waals surface area contributed by atoms with Crippen LogP contribution in [0.25, 0.3) is 0 Å². The van der Waals surface area contributed by atoms with Crippen molar-refractivity contribution in [1.29, 1.82) is 0 Å². The minimum Gasteiger partial charge on any atom is -0.494 e. The van der Waals surface area contributed by atoms with Gasteiger partial charge in [0.1, 0.15) is 5.75 Å². The molecule has 1 aliphatic rings. The number of carbonyl (C=O) groups excluding carboxylic acids is 2. The molecule has 0 radical (unpaired) electrons. The molecule has 7 heteroatoms. The number of carbonyl (C=O) groups is 2. The van der Waals surface area contributed by atoms with E-state index in [2.05, 4.69) is 17.1 Å². The SMILES string of the molecule is CCCOc1ccc(C(=O)Nc2ccc(N3CCN(C(=O)c4ccc(Cl)cc4)CC3)cc2)cc1. The van der Waals surface area contributed by atoms with Crippen molar-refractivity contribution >= 4 is 34.8 Å². The Morgan fingerprint density at radius 3 is 2.09 bits per heavy atom. The fourth-order valence-electron chi connectivity index (χ4n) is 3.82. The second kappa shape index (κ2) is 11.1. The van der Waals surface area contributed by atoms with Crippen molar-refractivity contribution in [1.82, 2.24) is 4.90 Å². The molecule has 4 rings (SSSR count). The Kier molecular flexibility index (Phi) is 7.70. The van der Waals surface area contributed by atoms with E-state index >= 15 is 0 Å². The predicted octanol–water partition coefficient (Wildman–Crippen LogP) is 5.34. The summed E-state index contributed by atoms with van der Waals surface area (Å²) in [5, 5.41) is 3.56. The molecule has 0 aromatic heterocycles. The van der Waals surface area contributed by atoms with E-state index in [1.165, 1.54) is 0 Å².